The summed E-state index contributed by atoms with van der Waals surface area (Å²) in [6.45, 7) is 1.19. The van der Waals surface area contributed by atoms with Crippen molar-refractivity contribution in [2.24, 2.45) is 0 Å². The van der Waals surface area contributed by atoms with Crippen molar-refractivity contribution in [3.05, 3.63) is 48.0 Å². The summed E-state index contributed by atoms with van der Waals surface area (Å²) in [7, 11) is 0. The van der Waals surface area contributed by atoms with Crippen LogP contribution in [0.5, 0.6) is 5.75 Å². The van der Waals surface area contributed by atoms with Crippen molar-refractivity contribution in [1.29, 1.82) is 0 Å². The second-order valence-electron chi connectivity index (χ2n) is 6.98. The number of carbonyl (C=O) groups excluding carboxylic acids is 1. The smallest absolute Gasteiger partial charge is 0.265 e. The lowest BCUT2D eigenvalue weighted by atomic mass is 10.2. The fourth-order valence-corrected chi connectivity index (χ4v) is 3.18. The van der Waals surface area contributed by atoms with E-state index in [4.69, 9.17) is 4.74 Å². The highest BCUT2D eigenvalue weighted by atomic mass is 19.3. The van der Waals surface area contributed by atoms with Gasteiger partial charge in [0, 0.05) is 25.2 Å². The zero-order valence-corrected chi connectivity index (χ0v) is 16.2. The van der Waals surface area contributed by atoms with Crippen LogP contribution in [0.4, 0.5) is 24.7 Å². The molecule has 1 amide bonds. The molecule has 3 heterocycles. The molecule has 0 radical (unpaired) electrons. The van der Waals surface area contributed by atoms with Gasteiger partial charge in [0.15, 0.2) is 5.65 Å². The van der Waals surface area contributed by atoms with Gasteiger partial charge in [0.05, 0.1) is 25.0 Å². The number of fused-ring (bicyclic) bond motifs is 2. The lowest BCUT2D eigenvalue weighted by molar-refractivity contribution is 0.00707. The Kier molecular flexibility index (Phi) is 5.23. The molecule has 0 aliphatic carbocycles. The van der Waals surface area contributed by atoms with Gasteiger partial charge in [-0.3, -0.25) is 4.79 Å². The van der Waals surface area contributed by atoms with Crippen LogP contribution < -0.4 is 15.0 Å². The maximum atomic E-state index is 14.4. The molecule has 0 saturated carbocycles. The average molecular weight is 419 g/mol. The number of ether oxygens (including phenoxy) is 1. The number of nitrogens with zero attached hydrogens (tertiary/aromatic N) is 4. The number of aromatic nitrogens is 3. The molecule has 0 unspecified atom stereocenters. The first-order valence-electron chi connectivity index (χ1n) is 9.58. The highest BCUT2D eigenvalue weighted by molar-refractivity contribution is 5.99. The first-order chi connectivity index (χ1) is 14.4. The van der Waals surface area contributed by atoms with E-state index < -0.39 is 24.7 Å². The Bertz CT molecular complexity index is 1090. The third kappa shape index (κ3) is 3.89. The lowest BCUT2D eigenvalue weighted by Crippen LogP contribution is -2.34. The molecule has 30 heavy (non-hydrogen) atoms. The maximum absolute atomic E-state index is 14.4. The number of anilines is 2. The lowest BCUT2D eigenvalue weighted by Gasteiger charge is -2.29. The summed E-state index contributed by atoms with van der Waals surface area (Å²) in [4.78, 5) is 18.1. The van der Waals surface area contributed by atoms with Gasteiger partial charge >= 0.3 is 0 Å². The zero-order chi connectivity index (χ0) is 21.3. The van der Waals surface area contributed by atoms with E-state index in [2.05, 4.69) is 15.4 Å². The minimum absolute atomic E-state index is 0.125. The van der Waals surface area contributed by atoms with E-state index in [1.165, 1.54) is 46.9 Å². The molecule has 0 atom stereocenters. The van der Waals surface area contributed by atoms with Crippen molar-refractivity contribution in [2.45, 2.75) is 25.7 Å². The molecule has 0 spiro atoms. The number of carbonyl (C=O) groups is 1. The molecule has 0 fully saturated rings. The van der Waals surface area contributed by atoms with Gasteiger partial charge in [0.2, 0.25) is 0 Å². The molecule has 1 aliphatic heterocycles. The fourth-order valence-electron chi connectivity index (χ4n) is 3.18. The number of benzene rings is 1. The summed E-state index contributed by atoms with van der Waals surface area (Å²) in [6.07, 6.45) is 2.96. The summed E-state index contributed by atoms with van der Waals surface area (Å²) in [5.74, 6) is -3.65. The average Bonchev–Trinajstić information content (AvgIpc) is 3.15. The molecule has 1 aromatic carbocycles. The van der Waals surface area contributed by atoms with Gasteiger partial charge in [0.25, 0.3) is 11.8 Å². The third-order valence-electron chi connectivity index (χ3n) is 4.86. The SMILES string of the molecule is CCC(F)(F)CN1c2ccn3ncc(c3n2)C(=O)NCCCOc2ccc(F)cc21. The van der Waals surface area contributed by atoms with Gasteiger partial charge in [-0.15, -0.1) is 0 Å². The number of rotatable bonds is 3. The molecule has 0 saturated heterocycles. The van der Waals surface area contributed by atoms with E-state index in [9.17, 15) is 18.0 Å². The minimum Gasteiger partial charge on any atom is -0.491 e. The van der Waals surface area contributed by atoms with Crippen molar-refractivity contribution in [2.75, 3.05) is 24.6 Å². The Morgan fingerprint density at radius 1 is 1.30 bits per heavy atom. The van der Waals surface area contributed by atoms with Crippen LogP contribution >= 0.6 is 0 Å². The van der Waals surface area contributed by atoms with Crippen LogP contribution in [-0.4, -0.2) is 46.1 Å². The van der Waals surface area contributed by atoms with Crippen molar-refractivity contribution >= 4 is 23.1 Å². The molecule has 7 nitrogen and oxygen atoms in total. The van der Waals surface area contributed by atoms with Crippen molar-refractivity contribution < 1.29 is 22.7 Å². The van der Waals surface area contributed by atoms with Gasteiger partial charge in [-0.1, -0.05) is 6.92 Å². The number of amides is 1. The van der Waals surface area contributed by atoms with Crippen molar-refractivity contribution in [3.8, 4) is 5.75 Å². The van der Waals surface area contributed by atoms with Gasteiger partial charge < -0.3 is 15.0 Å². The summed E-state index contributed by atoms with van der Waals surface area (Å²) < 4.78 is 50.1. The van der Waals surface area contributed by atoms with Crippen LogP contribution in [0, 0.1) is 5.82 Å². The second-order valence-corrected chi connectivity index (χ2v) is 6.98. The third-order valence-corrected chi connectivity index (χ3v) is 4.86. The van der Waals surface area contributed by atoms with E-state index in [-0.39, 0.29) is 41.0 Å². The summed E-state index contributed by atoms with van der Waals surface area (Å²) in [5.41, 5.74) is 0.575. The first kappa shape index (κ1) is 20.0. The number of alkyl halides is 2. The van der Waals surface area contributed by atoms with Crippen LogP contribution in [0.15, 0.2) is 36.7 Å². The van der Waals surface area contributed by atoms with Crippen LogP contribution in [-0.2, 0) is 0 Å². The first-order valence-corrected chi connectivity index (χ1v) is 9.58. The van der Waals surface area contributed by atoms with E-state index >= 15 is 0 Å². The van der Waals surface area contributed by atoms with Crippen LogP contribution in [0.25, 0.3) is 5.65 Å². The topological polar surface area (TPSA) is 71.8 Å². The summed E-state index contributed by atoms with van der Waals surface area (Å²) in [5, 5.41) is 6.86. The van der Waals surface area contributed by atoms with Crippen LogP contribution in [0.2, 0.25) is 0 Å². The zero-order valence-electron chi connectivity index (χ0n) is 16.2. The Morgan fingerprint density at radius 3 is 2.93 bits per heavy atom. The molecule has 1 N–H and O–H groups in total. The van der Waals surface area contributed by atoms with E-state index in [0.29, 0.717) is 13.0 Å². The van der Waals surface area contributed by atoms with Gasteiger partial charge in [-0.2, -0.15) is 5.10 Å². The van der Waals surface area contributed by atoms with Crippen molar-refractivity contribution in [1.82, 2.24) is 19.9 Å². The highest BCUT2D eigenvalue weighted by Gasteiger charge is 2.33. The Balaban J connectivity index is 1.92. The molecule has 1 aliphatic rings. The minimum atomic E-state index is -3.06. The molecule has 2 bridgehead atoms. The Labute approximate surface area is 170 Å². The normalized spacial score (nSPS) is 15.1. The van der Waals surface area contributed by atoms with Crippen LogP contribution in [0.3, 0.4) is 0 Å². The molecule has 2 aromatic heterocycles. The number of nitrogens with one attached hydrogen (secondary N) is 1. The summed E-state index contributed by atoms with van der Waals surface area (Å²) >= 11 is 0. The predicted molar refractivity (Wildman–Crippen MR) is 104 cm³/mol. The Morgan fingerprint density at radius 2 is 2.13 bits per heavy atom. The monoisotopic (exact) mass is 419 g/mol. The van der Waals surface area contributed by atoms with Crippen LogP contribution in [0.1, 0.15) is 30.1 Å². The predicted octanol–water partition coefficient (Wildman–Crippen LogP) is 3.56. The largest absolute Gasteiger partial charge is 0.491 e. The Hall–Kier alpha value is -3.30. The molecule has 4 rings (SSSR count). The molecular formula is C20H20F3N5O2. The highest BCUT2D eigenvalue weighted by Crippen LogP contribution is 2.37. The second kappa shape index (κ2) is 7.85. The molecule has 3 aromatic rings. The quantitative estimate of drug-likeness (QED) is 0.703. The standard InChI is InChI=1S/C20H20F3N5O2/c1-2-20(22,23)12-27-15-10-13(21)4-5-16(15)30-9-3-7-24-19(29)14-11-25-28-8-6-17(27)26-18(14)28/h4-6,8,10-11H,2-3,7,9,12H2,1H3,(H,24,29). The van der Waals surface area contributed by atoms with Gasteiger partial charge in [-0.05, 0) is 24.6 Å². The number of hydrogen-bond donors (Lipinski definition) is 1. The van der Waals surface area contributed by atoms with E-state index in [1.807, 2.05) is 0 Å². The van der Waals surface area contributed by atoms with Gasteiger partial charge in [0.1, 0.15) is 22.9 Å². The molecule has 158 valence electrons. The molecular weight excluding hydrogens is 399 g/mol. The van der Waals surface area contributed by atoms with Crippen molar-refractivity contribution in [3.63, 3.8) is 0 Å². The van der Waals surface area contributed by atoms with E-state index in [1.54, 1.807) is 0 Å². The number of halogens is 3. The fraction of sp³-hybridized carbons (Fsp3) is 0.350. The van der Waals surface area contributed by atoms with E-state index in [0.717, 1.165) is 6.07 Å². The summed E-state index contributed by atoms with van der Waals surface area (Å²) in [6, 6.07) is 5.25. The van der Waals surface area contributed by atoms with Gasteiger partial charge in [-0.25, -0.2) is 22.7 Å². The maximum Gasteiger partial charge on any atom is 0.265 e. The molecule has 10 heteroatoms. The number of hydrogen-bond acceptors (Lipinski definition) is 5.